The van der Waals surface area contributed by atoms with Crippen LogP contribution in [0.2, 0.25) is 0 Å². The molecule has 1 aromatic carbocycles. The van der Waals surface area contributed by atoms with Crippen LogP contribution >= 0.6 is 0 Å². The zero-order valence-electron chi connectivity index (χ0n) is 10.5. The van der Waals surface area contributed by atoms with Crippen molar-refractivity contribution in [2.45, 2.75) is 32.7 Å². The summed E-state index contributed by atoms with van der Waals surface area (Å²) in [7, 11) is 0. The van der Waals surface area contributed by atoms with Gasteiger partial charge in [-0.05, 0) is 37.0 Å². The predicted octanol–water partition coefficient (Wildman–Crippen LogP) is 2.77. The molecule has 0 amide bonds. The number of anilines is 2. The van der Waals surface area contributed by atoms with Crippen molar-refractivity contribution in [2.75, 3.05) is 17.2 Å². The molecule has 0 saturated heterocycles. The first-order chi connectivity index (χ1) is 8.11. The summed E-state index contributed by atoms with van der Waals surface area (Å²) in [5.74, 6) is 0.624. The Balaban J connectivity index is 2.26. The second kappa shape index (κ2) is 4.67. The second-order valence-corrected chi connectivity index (χ2v) is 5.16. The van der Waals surface area contributed by atoms with Crippen LogP contribution in [-0.2, 0) is 0 Å². The molecule has 3 heteroatoms. The second-order valence-electron chi connectivity index (χ2n) is 5.16. The van der Waals surface area contributed by atoms with Gasteiger partial charge in [-0.3, -0.25) is 0 Å². The zero-order valence-corrected chi connectivity index (χ0v) is 10.5. The molecule has 1 aromatic rings. The average Bonchev–Trinajstić information content (AvgIpc) is 3.10. The van der Waals surface area contributed by atoms with Crippen LogP contribution < -0.4 is 10.6 Å². The predicted molar refractivity (Wildman–Crippen MR) is 70.8 cm³/mol. The van der Waals surface area contributed by atoms with E-state index in [1.807, 2.05) is 18.2 Å². The lowest BCUT2D eigenvalue weighted by atomic mass is 10.1. The van der Waals surface area contributed by atoms with E-state index < -0.39 is 0 Å². The Hall–Kier alpha value is -1.69. The first-order valence-corrected chi connectivity index (χ1v) is 6.18. The Bertz CT molecular complexity index is 441. The number of hydrogen-bond acceptors (Lipinski definition) is 3. The van der Waals surface area contributed by atoms with E-state index in [1.165, 1.54) is 12.8 Å². The lowest BCUT2D eigenvalue weighted by molar-refractivity contribution is 0.607. The van der Waals surface area contributed by atoms with E-state index in [9.17, 15) is 0 Å². The Morgan fingerprint density at radius 2 is 2.18 bits per heavy atom. The quantitative estimate of drug-likeness (QED) is 0.808. The lowest BCUT2D eigenvalue weighted by Crippen LogP contribution is -2.29. The number of nitrogens with zero attached hydrogens (tertiary/aromatic N) is 2. The van der Waals surface area contributed by atoms with Crippen LogP contribution in [0.25, 0.3) is 0 Å². The summed E-state index contributed by atoms with van der Waals surface area (Å²) in [5.41, 5.74) is 8.03. The summed E-state index contributed by atoms with van der Waals surface area (Å²) >= 11 is 0. The van der Waals surface area contributed by atoms with Gasteiger partial charge in [0.15, 0.2) is 0 Å². The van der Waals surface area contributed by atoms with Crippen LogP contribution in [0.3, 0.4) is 0 Å². The molecule has 0 aliphatic heterocycles. The van der Waals surface area contributed by atoms with Crippen LogP contribution in [-0.4, -0.2) is 12.6 Å². The fourth-order valence-corrected chi connectivity index (χ4v) is 2.06. The molecule has 2 N–H and O–H groups in total. The number of rotatable bonds is 4. The van der Waals surface area contributed by atoms with Crippen LogP contribution in [0.4, 0.5) is 11.4 Å². The van der Waals surface area contributed by atoms with Crippen molar-refractivity contribution in [1.82, 2.24) is 0 Å². The molecule has 0 atom stereocenters. The van der Waals surface area contributed by atoms with Gasteiger partial charge in [-0.25, -0.2) is 0 Å². The van der Waals surface area contributed by atoms with Gasteiger partial charge in [-0.15, -0.1) is 0 Å². The third-order valence-corrected chi connectivity index (χ3v) is 3.04. The van der Waals surface area contributed by atoms with Gasteiger partial charge in [0.25, 0.3) is 0 Å². The summed E-state index contributed by atoms with van der Waals surface area (Å²) in [5, 5.41) is 9.01. The van der Waals surface area contributed by atoms with Crippen LogP contribution in [0.5, 0.6) is 0 Å². The molecule has 0 unspecified atom stereocenters. The summed E-state index contributed by atoms with van der Waals surface area (Å²) in [4.78, 5) is 2.41. The van der Waals surface area contributed by atoms with Crippen molar-refractivity contribution in [3.8, 4) is 6.07 Å². The van der Waals surface area contributed by atoms with E-state index >= 15 is 0 Å². The molecule has 0 aromatic heterocycles. The van der Waals surface area contributed by atoms with E-state index in [-0.39, 0.29) is 0 Å². The van der Waals surface area contributed by atoms with E-state index in [0.717, 1.165) is 12.2 Å². The number of benzene rings is 1. The van der Waals surface area contributed by atoms with E-state index in [1.54, 1.807) is 0 Å². The lowest BCUT2D eigenvalue weighted by Gasteiger charge is -2.27. The van der Waals surface area contributed by atoms with Crippen molar-refractivity contribution in [3.05, 3.63) is 23.8 Å². The minimum atomic E-state index is 0.566. The van der Waals surface area contributed by atoms with Crippen LogP contribution in [0.1, 0.15) is 32.3 Å². The Labute approximate surface area is 103 Å². The first kappa shape index (κ1) is 11.8. The number of nitrogen functional groups attached to an aromatic ring is 1. The summed E-state index contributed by atoms with van der Waals surface area (Å²) < 4.78 is 0. The number of hydrogen-bond donors (Lipinski definition) is 1. The highest BCUT2D eigenvalue weighted by molar-refractivity contribution is 5.63. The topological polar surface area (TPSA) is 53.0 Å². The van der Waals surface area contributed by atoms with E-state index in [0.29, 0.717) is 23.2 Å². The normalized spacial score (nSPS) is 14.7. The molecule has 0 radical (unpaired) electrons. The molecule has 1 saturated carbocycles. The number of nitriles is 1. The van der Waals surface area contributed by atoms with Crippen molar-refractivity contribution in [2.24, 2.45) is 5.92 Å². The van der Waals surface area contributed by atoms with E-state index in [2.05, 4.69) is 24.8 Å². The molecule has 17 heavy (non-hydrogen) atoms. The maximum Gasteiger partial charge on any atom is 0.101 e. The molecule has 2 rings (SSSR count). The minimum Gasteiger partial charge on any atom is -0.398 e. The standard InChI is InChI=1S/C14H19N3/c1-10(2)9-17(12-3-4-12)13-5-6-14(16)11(7-13)8-15/h5-7,10,12H,3-4,9,16H2,1-2H3. The Kier molecular flexibility index (Phi) is 3.23. The Morgan fingerprint density at radius 3 is 2.71 bits per heavy atom. The van der Waals surface area contributed by atoms with Gasteiger partial charge in [0.05, 0.1) is 5.56 Å². The van der Waals surface area contributed by atoms with Crippen LogP contribution in [0, 0.1) is 17.2 Å². The van der Waals surface area contributed by atoms with Crippen molar-refractivity contribution >= 4 is 11.4 Å². The first-order valence-electron chi connectivity index (χ1n) is 6.18. The van der Waals surface area contributed by atoms with Gasteiger partial charge in [-0.2, -0.15) is 5.26 Å². The van der Waals surface area contributed by atoms with Gasteiger partial charge in [-0.1, -0.05) is 13.8 Å². The molecule has 0 bridgehead atoms. The highest BCUT2D eigenvalue weighted by Crippen LogP contribution is 2.33. The van der Waals surface area contributed by atoms with Gasteiger partial charge >= 0.3 is 0 Å². The minimum absolute atomic E-state index is 0.566. The smallest absolute Gasteiger partial charge is 0.101 e. The average molecular weight is 229 g/mol. The number of nitrogens with two attached hydrogens (primary N) is 1. The van der Waals surface area contributed by atoms with Gasteiger partial charge in [0, 0.05) is 24.0 Å². The maximum absolute atomic E-state index is 9.01. The van der Waals surface area contributed by atoms with Gasteiger partial charge < -0.3 is 10.6 Å². The molecule has 1 aliphatic rings. The Morgan fingerprint density at radius 1 is 1.47 bits per heavy atom. The molecule has 90 valence electrons. The highest BCUT2D eigenvalue weighted by atomic mass is 15.2. The maximum atomic E-state index is 9.01. The highest BCUT2D eigenvalue weighted by Gasteiger charge is 2.29. The van der Waals surface area contributed by atoms with Gasteiger partial charge in [0.2, 0.25) is 0 Å². The molecular weight excluding hydrogens is 210 g/mol. The summed E-state index contributed by atoms with van der Waals surface area (Å²) in [6.45, 7) is 5.48. The van der Waals surface area contributed by atoms with Crippen molar-refractivity contribution in [1.29, 1.82) is 5.26 Å². The molecule has 0 heterocycles. The molecule has 0 spiro atoms. The summed E-state index contributed by atoms with van der Waals surface area (Å²) in [6, 6.07) is 8.59. The fraction of sp³-hybridized carbons (Fsp3) is 0.500. The molecule has 1 aliphatic carbocycles. The molecule has 1 fully saturated rings. The molecular formula is C14H19N3. The molecule has 3 nitrogen and oxygen atoms in total. The SMILES string of the molecule is CC(C)CN(c1ccc(N)c(C#N)c1)C1CC1. The van der Waals surface area contributed by atoms with Crippen LogP contribution in [0.15, 0.2) is 18.2 Å². The van der Waals surface area contributed by atoms with Crippen molar-refractivity contribution in [3.63, 3.8) is 0 Å². The zero-order chi connectivity index (χ0) is 12.4. The largest absolute Gasteiger partial charge is 0.398 e. The van der Waals surface area contributed by atoms with Crippen molar-refractivity contribution < 1.29 is 0 Å². The third-order valence-electron chi connectivity index (χ3n) is 3.04. The fourth-order valence-electron chi connectivity index (χ4n) is 2.06. The van der Waals surface area contributed by atoms with Gasteiger partial charge in [0.1, 0.15) is 6.07 Å². The summed E-state index contributed by atoms with van der Waals surface area (Å²) in [6.07, 6.45) is 2.53. The third kappa shape index (κ3) is 2.71. The monoisotopic (exact) mass is 229 g/mol. The van der Waals surface area contributed by atoms with E-state index in [4.69, 9.17) is 11.0 Å².